The van der Waals surface area contributed by atoms with Crippen LogP contribution in [0.2, 0.25) is 0 Å². The van der Waals surface area contributed by atoms with E-state index >= 15 is 0 Å². The van der Waals surface area contributed by atoms with Crippen LogP contribution in [0.25, 0.3) is 0 Å². The number of methoxy groups -OCH3 is 3. The molecular weight excluding hydrogens is 508 g/mol. The Hall–Kier alpha value is -4.08. The Morgan fingerprint density at radius 1 is 0.775 bits per heavy atom. The summed E-state index contributed by atoms with van der Waals surface area (Å²) < 4.78 is 16.1. The first-order valence-electron chi connectivity index (χ1n) is 13.4. The topological polar surface area (TPSA) is 92.4 Å². The third-order valence-electron chi connectivity index (χ3n) is 7.04. The van der Waals surface area contributed by atoms with Crippen LogP contribution in [-0.2, 0) is 16.1 Å². The van der Waals surface area contributed by atoms with Gasteiger partial charge in [0.15, 0.2) is 11.5 Å². The number of nitrogens with one attached hydrogen (secondary N) is 2. The number of benzene rings is 3. The molecule has 1 aliphatic heterocycles. The fraction of sp³-hybridized carbons (Fsp3) is 0.355. The van der Waals surface area contributed by atoms with Gasteiger partial charge < -0.3 is 24.4 Å². The summed E-state index contributed by atoms with van der Waals surface area (Å²) in [5.74, 6) is 1.33. The molecule has 212 valence electrons. The van der Waals surface area contributed by atoms with E-state index in [9.17, 15) is 9.59 Å². The van der Waals surface area contributed by atoms with Gasteiger partial charge in [-0.2, -0.15) is 0 Å². The van der Waals surface area contributed by atoms with E-state index in [1.165, 1.54) is 11.1 Å². The maximum absolute atomic E-state index is 12.9. The predicted octanol–water partition coefficient (Wildman–Crippen LogP) is 2.85. The lowest BCUT2D eigenvalue weighted by molar-refractivity contribution is -0.132. The van der Waals surface area contributed by atoms with Crippen molar-refractivity contribution in [2.75, 3.05) is 60.6 Å². The molecule has 0 saturated carbocycles. The molecule has 1 aliphatic rings. The zero-order valence-electron chi connectivity index (χ0n) is 23.4. The minimum Gasteiger partial charge on any atom is -0.493 e. The highest BCUT2D eigenvalue weighted by Crippen LogP contribution is 2.38. The second-order valence-electron chi connectivity index (χ2n) is 9.55. The SMILES string of the molecule is COc1cc(CNC(=O)CNCC(=O)N2CCN(C(c3ccccc3)c3ccccc3)CC2)cc(OC)c1OC. The third kappa shape index (κ3) is 7.31. The van der Waals surface area contributed by atoms with Crippen LogP contribution < -0.4 is 24.8 Å². The highest BCUT2D eigenvalue weighted by molar-refractivity contribution is 5.81. The monoisotopic (exact) mass is 546 g/mol. The van der Waals surface area contributed by atoms with Crippen LogP contribution in [0.5, 0.6) is 17.2 Å². The number of rotatable bonds is 12. The summed E-state index contributed by atoms with van der Waals surface area (Å²) in [5.41, 5.74) is 3.29. The molecule has 0 radical (unpaired) electrons. The first-order valence-corrected chi connectivity index (χ1v) is 13.4. The average Bonchev–Trinajstić information content (AvgIpc) is 3.01. The van der Waals surface area contributed by atoms with Crippen molar-refractivity contribution in [2.24, 2.45) is 0 Å². The molecule has 4 rings (SSSR count). The van der Waals surface area contributed by atoms with Gasteiger partial charge in [-0.3, -0.25) is 19.8 Å². The van der Waals surface area contributed by atoms with Gasteiger partial charge in [0.2, 0.25) is 17.6 Å². The normalized spacial score (nSPS) is 13.7. The molecule has 1 heterocycles. The second kappa shape index (κ2) is 14.3. The van der Waals surface area contributed by atoms with Crippen LogP contribution in [0.1, 0.15) is 22.7 Å². The van der Waals surface area contributed by atoms with Gasteiger partial charge in [0, 0.05) is 32.7 Å². The van der Waals surface area contributed by atoms with Crippen LogP contribution in [0.15, 0.2) is 72.8 Å². The Morgan fingerprint density at radius 2 is 1.32 bits per heavy atom. The smallest absolute Gasteiger partial charge is 0.236 e. The Morgan fingerprint density at radius 3 is 1.82 bits per heavy atom. The van der Waals surface area contributed by atoms with Gasteiger partial charge in [-0.05, 0) is 28.8 Å². The lowest BCUT2D eigenvalue weighted by atomic mass is 9.96. The van der Waals surface area contributed by atoms with Crippen molar-refractivity contribution in [2.45, 2.75) is 12.6 Å². The van der Waals surface area contributed by atoms with Crippen LogP contribution in [0.3, 0.4) is 0 Å². The van der Waals surface area contributed by atoms with Gasteiger partial charge in [-0.15, -0.1) is 0 Å². The van der Waals surface area contributed by atoms with Gasteiger partial charge in [0.05, 0.1) is 40.5 Å². The number of amides is 2. The number of carbonyl (C=O) groups is 2. The lowest BCUT2D eigenvalue weighted by Crippen LogP contribution is -2.52. The van der Waals surface area contributed by atoms with Crippen molar-refractivity contribution in [1.82, 2.24) is 20.4 Å². The summed E-state index contributed by atoms with van der Waals surface area (Å²) in [6, 6.07) is 24.7. The van der Waals surface area contributed by atoms with E-state index in [-0.39, 0.29) is 37.5 Å². The molecule has 0 bridgehead atoms. The minimum atomic E-state index is -0.208. The molecule has 40 heavy (non-hydrogen) atoms. The quantitative estimate of drug-likeness (QED) is 0.361. The van der Waals surface area contributed by atoms with Crippen molar-refractivity contribution in [3.8, 4) is 17.2 Å². The highest BCUT2D eigenvalue weighted by atomic mass is 16.5. The van der Waals surface area contributed by atoms with Crippen molar-refractivity contribution in [3.05, 3.63) is 89.5 Å². The van der Waals surface area contributed by atoms with Crippen LogP contribution in [0.4, 0.5) is 0 Å². The number of carbonyl (C=O) groups excluding carboxylic acids is 2. The summed E-state index contributed by atoms with van der Waals surface area (Å²) in [5, 5.41) is 5.84. The molecule has 9 nitrogen and oxygen atoms in total. The first kappa shape index (κ1) is 28.9. The van der Waals surface area contributed by atoms with E-state index in [2.05, 4.69) is 64.1 Å². The molecule has 2 N–H and O–H groups in total. The van der Waals surface area contributed by atoms with Gasteiger partial charge in [0.25, 0.3) is 0 Å². The number of hydrogen-bond donors (Lipinski definition) is 2. The molecule has 1 fully saturated rings. The van der Waals surface area contributed by atoms with Gasteiger partial charge in [-0.25, -0.2) is 0 Å². The van der Waals surface area contributed by atoms with Crippen LogP contribution in [0, 0.1) is 0 Å². The first-order chi connectivity index (χ1) is 19.5. The van der Waals surface area contributed by atoms with E-state index in [1.54, 1.807) is 33.5 Å². The molecule has 0 spiro atoms. The number of nitrogens with zero attached hydrogens (tertiary/aromatic N) is 2. The Balaban J connectivity index is 1.23. The van der Waals surface area contributed by atoms with Crippen LogP contribution in [-0.4, -0.2) is 82.2 Å². The molecular formula is C31H38N4O5. The molecule has 2 amide bonds. The largest absolute Gasteiger partial charge is 0.493 e. The minimum absolute atomic E-state index is 0.00644. The molecule has 9 heteroatoms. The number of ether oxygens (including phenoxy) is 3. The molecule has 3 aromatic rings. The summed E-state index contributed by atoms with van der Waals surface area (Å²) in [4.78, 5) is 29.5. The molecule has 0 unspecified atom stereocenters. The summed E-state index contributed by atoms with van der Waals surface area (Å²) in [7, 11) is 4.64. The maximum atomic E-state index is 12.9. The van der Waals surface area contributed by atoms with E-state index in [4.69, 9.17) is 14.2 Å². The van der Waals surface area contributed by atoms with Crippen molar-refractivity contribution >= 4 is 11.8 Å². The second-order valence-corrected chi connectivity index (χ2v) is 9.55. The third-order valence-corrected chi connectivity index (χ3v) is 7.04. The van der Waals surface area contributed by atoms with Crippen LogP contribution >= 0.6 is 0 Å². The van der Waals surface area contributed by atoms with Crippen molar-refractivity contribution in [1.29, 1.82) is 0 Å². The van der Waals surface area contributed by atoms with E-state index in [0.29, 0.717) is 30.3 Å². The van der Waals surface area contributed by atoms with Crippen molar-refractivity contribution in [3.63, 3.8) is 0 Å². The predicted molar refractivity (Wildman–Crippen MR) is 154 cm³/mol. The standard InChI is InChI=1S/C31H38N4O5/c1-38-26-18-23(19-27(39-2)31(26)40-3)20-33-28(36)21-32-22-29(37)34-14-16-35(17-15-34)30(24-10-6-4-7-11-24)25-12-8-5-9-13-25/h4-13,18-19,30,32H,14-17,20-22H2,1-3H3,(H,33,36). The molecule has 0 aliphatic carbocycles. The van der Waals surface area contributed by atoms with E-state index in [1.807, 2.05) is 17.0 Å². The zero-order valence-corrected chi connectivity index (χ0v) is 23.4. The molecule has 0 aromatic heterocycles. The number of piperazine rings is 1. The Labute approximate surface area is 236 Å². The van der Waals surface area contributed by atoms with E-state index < -0.39 is 0 Å². The number of hydrogen-bond acceptors (Lipinski definition) is 7. The molecule has 0 atom stereocenters. The summed E-state index contributed by atoms with van der Waals surface area (Å²) in [6.07, 6.45) is 0. The molecule has 1 saturated heterocycles. The lowest BCUT2D eigenvalue weighted by Gasteiger charge is -2.39. The van der Waals surface area contributed by atoms with Gasteiger partial charge in [-0.1, -0.05) is 60.7 Å². The Bertz CT molecular complexity index is 1180. The van der Waals surface area contributed by atoms with Gasteiger partial charge in [0.1, 0.15) is 0 Å². The Kier molecular flexibility index (Phi) is 10.4. The molecule has 3 aromatic carbocycles. The van der Waals surface area contributed by atoms with E-state index in [0.717, 1.165) is 18.7 Å². The zero-order chi connectivity index (χ0) is 28.3. The average molecular weight is 547 g/mol. The van der Waals surface area contributed by atoms with Crippen molar-refractivity contribution < 1.29 is 23.8 Å². The summed E-state index contributed by atoms with van der Waals surface area (Å²) >= 11 is 0. The fourth-order valence-corrected chi connectivity index (χ4v) is 5.01. The highest BCUT2D eigenvalue weighted by Gasteiger charge is 2.28. The fourth-order valence-electron chi connectivity index (χ4n) is 5.01. The maximum Gasteiger partial charge on any atom is 0.236 e. The van der Waals surface area contributed by atoms with Gasteiger partial charge >= 0.3 is 0 Å². The summed E-state index contributed by atoms with van der Waals surface area (Å²) in [6.45, 7) is 3.27.